The summed E-state index contributed by atoms with van der Waals surface area (Å²) < 4.78 is 0.750. The van der Waals surface area contributed by atoms with Crippen LogP contribution in [0.2, 0.25) is 15.2 Å². The van der Waals surface area contributed by atoms with Gasteiger partial charge in [-0.2, -0.15) is 0 Å². The average molecular weight is 395 g/mol. The summed E-state index contributed by atoms with van der Waals surface area (Å²) in [6.07, 6.45) is 0.517. The highest BCUT2D eigenvalue weighted by Gasteiger charge is 2.14. The number of hydrogen-bond acceptors (Lipinski definition) is 2. The fourth-order valence-electron chi connectivity index (χ4n) is 1.78. The van der Waals surface area contributed by atoms with E-state index in [0.717, 1.165) is 15.7 Å². The van der Waals surface area contributed by atoms with Crippen molar-refractivity contribution in [3.63, 3.8) is 0 Å². The molecular formula is C14H12BrCl3N2. The molecule has 2 aromatic rings. The Kier molecular flexibility index (Phi) is 5.30. The quantitative estimate of drug-likeness (QED) is 0.605. The van der Waals surface area contributed by atoms with Crippen LogP contribution in [0.1, 0.15) is 36.8 Å². The van der Waals surface area contributed by atoms with Gasteiger partial charge in [-0.25, -0.2) is 9.97 Å². The first-order chi connectivity index (χ1) is 9.38. The number of benzene rings is 1. The molecule has 2 nitrogen and oxygen atoms in total. The second kappa shape index (κ2) is 6.61. The summed E-state index contributed by atoms with van der Waals surface area (Å²) in [6, 6.07) is 5.38. The van der Waals surface area contributed by atoms with Crippen LogP contribution in [0.4, 0.5) is 0 Å². The standard InChI is InChI=1S/C14H12BrCl3N2/c1-7(2)13-12(15)14(18)20-11(19-13)5-8-3-4-9(16)6-10(8)17/h3-4,6-7H,5H2,1-2H3. The molecule has 0 saturated carbocycles. The van der Waals surface area contributed by atoms with Crippen molar-refractivity contribution in [2.45, 2.75) is 26.2 Å². The fourth-order valence-corrected chi connectivity index (χ4v) is 3.08. The van der Waals surface area contributed by atoms with E-state index in [-0.39, 0.29) is 5.92 Å². The van der Waals surface area contributed by atoms with Gasteiger partial charge in [0.25, 0.3) is 0 Å². The van der Waals surface area contributed by atoms with E-state index >= 15 is 0 Å². The van der Waals surface area contributed by atoms with Gasteiger partial charge in [0, 0.05) is 16.5 Å². The SMILES string of the molecule is CC(C)c1nc(Cc2ccc(Cl)cc2Cl)nc(Cl)c1Br. The summed E-state index contributed by atoms with van der Waals surface area (Å²) in [6.45, 7) is 4.12. The third kappa shape index (κ3) is 3.64. The molecule has 1 aromatic heterocycles. The molecule has 0 aliphatic heterocycles. The third-order valence-corrected chi connectivity index (χ3v) is 4.66. The van der Waals surface area contributed by atoms with E-state index in [9.17, 15) is 0 Å². The number of nitrogens with zero attached hydrogens (tertiary/aromatic N) is 2. The number of hydrogen-bond donors (Lipinski definition) is 0. The minimum atomic E-state index is 0.254. The molecule has 106 valence electrons. The Balaban J connectivity index is 2.39. The van der Waals surface area contributed by atoms with Crippen LogP contribution in [0.25, 0.3) is 0 Å². The molecule has 0 aliphatic carbocycles. The van der Waals surface area contributed by atoms with E-state index in [0.29, 0.717) is 27.4 Å². The molecule has 2 rings (SSSR count). The fraction of sp³-hybridized carbons (Fsp3) is 0.286. The molecule has 0 N–H and O–H groups in total. The van der Waals surface area contributed by atoms with Crippen LogP contribution < -0.4 is 0 Å². The van der Waals surface area contributed by atoms with Crippen LogP contribution in [0.3, 0.4) is 0 Å². The van der Waals surface area contributed by atoms with Crippen LogP contribution in [-0.4, -0.2) is 9.97 Å². The lowest BCUT2D eigenvalue weighted by molar-refractivity contribution is 0.784. The maximum atomic E-state index is 6.17. The Hall–Kier alpha value is -0.350. The van der Waals surface area contributed by atoms with Crippen LogP contribution in [0.5, 0.6) is 0 Å². The van der Waals surface area contributed by atoms with E-state index in [2.05, 4.69) is 39.7 Å². The highest BCUT2D eigenvalue weighted by atomic mass is 79.9. The van der Waals surface area contributed by atoms with E-state index < -0.39 is 0 Å². The second-order valence-corrected chi connectivity index (χ2v) is 6.69. The van der Waals surface area contributed by atoms with E-state index in [4.69, 9.17) is 34.8 Å². The maximum Gasteiger partial charge on any atom is 0.147 e. The number of rotatable bonds is 3. The Labute approximate surface area is 141 Å². The summed E-state index contributed by atoms with van der Waals surface area (Å²) in [5.41, 5.74) is 1.81. The van der Waals surface area contributed by atoms with Crippen molar-refractivity contribution < 1.29 is 0 Å². The minimum Gasteiger partial charge on any atom is -0.236 e. The smallest absolute Gasteiger partial charge is 0.147 e. The van der Waals surface area contributed by atoms with Crippen molar-refractivity contribution >= 4 is 50.7 Å². The van der Waals surface area contributed by atoms with Gasteiger partial charge in [-0.05, 0) is 39.5 Å². The molecule has 6 heteroatoms. The molecule has 0 amide bonds. The van der Waals surface area contributed by atoms with Gasteiger partial charge in [-0.1, -0.05) is 54.7 Å². The van der Waals surface area contributed by atoms with Crippen molar-refractivity contribution in [3.8, 4) is 0 Å². The first-order valence-electron chi connectivity index (χ1n) is 6.04. The van der Waals surface area contributed by atoms with Crippen molar-refractivity contribution in [1.82, 2.24) is 9.97 Å². The van der Waals surface area contributed by atoms with Gasteiger partial charge in [-0.15, -0.1) is 0 Å². The van der Waals surface area contributed by atoms with Gasteiger partial charge >= 0.3 is 0 Å². The topological polar surface area (TPSA) is 25.8 Å². The average Bonchev–Trinajstić information content (AvgIpc) is 2.36. The van der Waals surface area contributed by atoms with Crippen molar-refractivity contribution in [2.24, 2.45) is 0 Å². The van der Waals surface area contributed by atoms with E-state index in [1.807, 2.05) is 6.07 Å². The van der Waals surface area contributed by atoms with Gasteiger partial charge in [-0.3, -0.25) is 0 Å². The molecule has 0 fully saturated rings. The zero-order chi connectivity index (χ0) is 14.9. The highest BCUT2D eigenvalue weighted by molar-refractivity contribution is 9.10. The van der Waals surface area contributed by atoms with Crippen molar-refractivity contribution in [2.75, 3.05) is 0 Å². The van der Waals surface area contributed by atoms with Crippen LogP contribution in [-0.2, 0) is 6.42 Å². The minimum absolute atomic E-state index is 0.254. The van der Waals surface area contributed by atoms with Gasteiger partial charge in [0.15, 0.2) is 0 Å². The molecule has 0 unspecified atom stereocenters. The van der Waals surface area contributed by atoms with E-state index in [1.165, 1.54) is 0 Å². The molecule has 0 aliphatic rings. The predicted octanol–water partition coefficient (Wildman–Crippen LogP) is 5.91. The molecule has 1 aromatic carbocycles. The molecule has 0 atom stereocenters. The molecule has 0 saturated heterocycles. The summed E-state index contributed by atoms with van der Waals surface area (Å²) in [5, 5.41) is 1.63. The predicted molar refractivity (Wildman–Crippen MR) is 88.1 cm³/mol. The Morgan fingerprint density at radius 3 is 2.45 bits per heavy atom. The summed E-state index contributed by atoms with van der Waals surface area (Å²) in [7, 11) is 0. The van der Waals surface area contributed by atoms with Crippen LogP contribution >= 0.6 is 50.7 Å². The summed E-state index contributed by atoms with van der Waals surface area (Å²) >= 11 is 21.6. The number of halogens is 4. The highest BCUT2D eigenvalue weighted by Crippen LogP contribution is 2.30. The summed E-state index contributed by atoms with van der Waals surface area (Å²) in [4.78, 5) is 8.85. The molecule has 1 heterocycles. The lowest BCUT2D eigenvalue weighted by Crippen LogP contribution is -2.04. The van der Waals surface area contributed by atoms with Crippen molar-refractivity contribution in [3.05, 3.63) is 55.0 Å². The molecule has 20 heavy (non-hydrogen) atoms. The van der Waals surface area contributed by atoms with Crippen LogP contribution in [0, 0.1) is 0 Å². The molecule has 0 spiro atoms. The maximum absolute atomic E-state index is 6.17. The first kappa shape index (κ1) is 16.0. The molecule has 0 radical (unpaired) electrons. The largest absolute Gasteiger partial charge is 0.236 e. The number of aromatic nitrogens is 2. The lowest BCUT2D eigenvalue weighted by atomic mass is 10.1. The van der Waals surface area contributed by atoms with Gasteiger partial charge in [0.1, 0.15) is 11.0 Å². The first-order valence-corrected chi connectivity index (χ1v) is 7.97. The lowest BCUT2D eigenvalue weighted by Gasteiger charge is -2.11. The van der Waals surface area contributed by atoms with Crippen molar-refractivity contribution in [1.29, 1.82) is 0 Å². The van der Waals surface area contributed by atoms with Gasteiger partial charge in [0.2, 0.25) is 0 Å². The Morgan fingerprint density at radius 1 is 1.15 bits per heavy atom. The monoisotopic (exact) mass is 392 g/mol. The normalized spacial score (nSPS) is 11.2. The third-order valence-electron chi connectivity index (χ3n) is 2.79. The van der Waals surface area contributed by atoms with E-state index in [1.54, 1.807) is 12.1 Å². The summed E-state index contributed by atoms with van der Waals surface area (Å²) in [5.74, 6) is 0.899. The van der Waals surface area contributed by atoms with Gasteiger partial charge < -0.3 is 0 Å². The Bertz CT molecular complexity index is 645. The molecular weight excluding hydrogens is 382 g/mol. The van der Waals surface area contributed by atoms with Crippen LogP contribution in [0.15, 0.2) is 22.7 Å². The Morgan fingerprint density at radius 2 is 1.85 bits per heavy atom. The second-order valence-electron chi connectivity index (χ2n) is 4.70. The zero-order valence-electron chi connectivity index (χ0n) is 10.9. The van der Waals surface area contributed by atoms with Gasteiger partial charge in [0.05, 0.1) is 10.2 Å². The molecule has 0 bridgehead atoms. The zero-order valence-corrected chi connectivity index (χ0v) is 14.8.